The first-order valence-corrected chi connectivity index (χ1v) is 7.80. The molecule has 0 saturated carbocycles. The van der Waals surface area contributed by atoms with Gasteiger partial charge in [-0.25, -0.2) is 0 Å². The fourth-order valence-corrected chi connectivity index (χ4v) is 2.57. The molecule has 5 atom stereocenters. The van der Waals surface area contributed by atoms with E-state index in [1.54, 1.807) is 27.7 Å². The Labute approximate surface area is 129 Å². The van der Waals surface area contributed by atoms with Crippen LogP contribution in [0.2, 0.25) is 0 Å². The number of hydrogen-bond acceptors (Lipinski definition) is 6. The average Bonchev–Trinajstić information content (AvgIpc) is 2.24. The lowest BCUT2D eigenvalue weighted by Crippen LogP contribution is -2.49. The molecule has 6 heteroatoms. The number of nitrogens with zero attached hydrogens (tertiary/aromatic N) is 2. The lowest BCUT2D eigenvalue weighted by Gasteiger charge is -2.35. The predicted octanol–water partition coefficient (Wildman–Crippen LogP) is -0.498. The van der Waals surface area contributed by atoms with Gasteiger partial charge in [0.1, 0.15) is 0 Å². The molecule has 128 valence electrons. The Bertz CT molecular complexity index is 240. The van der Waals surface area contributed by atoms with Crippen LogP contribution in [0.5, 0.6) is 0 Å². The van der Waals surface area contributed by atoms with Crippen molar-refractivity contribution in [2.45, 2.75) is 65.1 Å². The van der Waals surface area contributed by atoms with E-state index in [4.69, 9.17) is 0 Å². The van der Waals surface area contributed by atoms with Crippen molar-refractivity contribution in [1.82, 2.24) is 9.80 Å². The maximum absolute atomic E-state index is 9.59. The van der Waals surface area contributed by atoms with Crippen LogP contribution in [0.4, 0.5) is 0 Å². The highest BCUT2D eigenvalue weighted by atomic mass is 16.3. The van der Waals surface area contributed by atoms with E-state index in [0.717, 1.165) is 0 Å². The van der Waals surface area contributed by atoms with E-state index in [2.05, 4.69) is 0 Å². The summed E-state index contributed by atoms with van der Waals surface area (Å²) in [5.74, 6) is 0. The zero-order valence-corrected chi connectivity index (χ0v) is 14.1. The summed E-state index contributed by atoms with van der Waals surface area (Å²) in [6, 6.07) is 0.103. The summed E-state index contributed by atoms with van der Waals surface area (Å²) in [6.45, 7) is 11.6. The van der Waals surface area contributed by atoms with Crippen LogP contribution < -0.4 is 0 Å². The number of aliphatic hydroxyl groups is 4. The molecule has 0 aromatic heterocycles. The molecule has 5 unspecified atom stereocenters. The summed E-state index contributed by atoms with van der Waals surface area (Å²) in [5.41, 5.74) is 0. The molecule has 0 radical (unpaired) electrons. The van der Waals surface area contributed by atoms with Gasteiger partial charge in [0.15, 0.2) is 0 Å². The molecule has 0 aliphatic carbocycles. The maximum atomic E-state index is 9.59. The fraction of sp³-hybridized carbons (Fsp3) is 1.00. The van der Waals surface area contributed by atoms with E-state index < -0.39 is 24.4 Å². The molecule has 0 aliphatic heterocycles. The lowest BCUT2D eigenvalue weighted by molar-refractivity contribution is 0.0308. The van der Waals surface area contributed by atoms with Crippen molar-refractivity contribution in [3.8, 4) is 0 Å². The minimum atomic E-state index is -0.465. The monoisotopic (exact) mass is 306 g/mol. The minimum Gasteiger partial charge on any atom is -0.392 e. The van der Waals surface area contributed by atoms with Crippen LogP contribution >= 0.6 is 0 Å². The molecular weight excluding hydrogens is 272 g/mol. The van der Waals surface area contributed by atoms with Crippen LogP contribution in [-0.4, -0.2) is 93.4 Å². The first kappa shape index (κ1) is 20.8. The van der Waals surface area contributed by atoms with Crippen LogP contribution in [0.25, 0.3) is 0 Å². The normalized spacial score (nSPS) is 19.6. The van der Waals surface area contributed by atoms with Gasteiger partial charge in [-0.2, -0.15) is 0 Å². The van der Waals surface area contributed by atoms with E-state index in [1.165, 1.54) is 0 Å². The molecular formula is C15H34N2O4. The van der Waals surface area contributed by atoms with Gasteiger partial charge in [-0.05, 0) is 34.6 Å². The minimum absolute atomic E-state index is 0.103. The Hall–Kier alpha value is -0.240. The molecule has 0 aromatic carbocycles. The van der Waals surface area contributed by atoms with Crippen molar-refractivity contribution in [2.75, 3.05) is 32.7 Å². The van der Waals surface area contributed by atoms with Crippen molar-refractivity contribution in [1.29, 1.82) is 0 Å². The molecule has 6 nitrogen and oxygen atoms in total. The Morgan fingerprint density at radius 1 is 0.571 bits per heavy atom. The average molecular weight is 306 g/mol. The Morgan fingerprint density at radius 3 is 1.19 bits per heavy atom. The van der Waals surface area contributed by atoms with Crippen LogP contribution in [0, 0.1) is 0 Å². The SMILES string of the molecule is CC(O)CN(CC(C)O)CC(C)N(CC(C)O)CC(C)O. The second-order valence-electron chi connectivity index (χ2n) is 6.42. The maximum Gasteiger partial charge on any atom is 0.0639 e. The summed E-state index contributed by atoms with van der Waals surface area (Å²) in [5, 5.41) is 38.3. The van der Waals surface area contributed by atoms with Crippen LogP contribution in [0.15, 0.2) is 0 Å². The molecule has 0 rings (SSSR count). The molecule has 0 spiro atoms. The third-order valence-corrected chi connectivity index (χ3v) is 3.19. The Morgan fingerprint density at radius 2 is 0.905 bits per heavy atom. The summed E-state index contributed by atoms with van der Waals surface area (Å²) in [6.07, 6.45) is -1.85. The summed E-state index contributed by atoms with van der Waals surface area (Å²) >= 11 is 0. The highest BCUT2D eigenvalue weighted by molar-refractivity contribution is 4.76. The van der Waals surface area contributed by atoms with Gasteiger partial charge in [0.05, 0.1) is 24.4 Å². The number of hydrogen-bond donors (Lipinski definition) is 4. The molecule has 0 aromatic rings. The summed E-state index contributed by atoms with van der Waals surface area (Å²) in [7, 11) is 0. The highest BCUT2D eigenvalue weighted by Gasteiger charge is 2.21. The molecule has 0 saturated heterocycles. The van der Waals surface area contributed by atoms with Crippen molar-refractivity contribution >= 4 is 0 Å². The van der Waals surface area contributed by atoms with Gasteiger partial charge in [-0.1, -0.05) is 0 Å². The van der Waals surface area contributed by atoms with Gasteiger partial charge in [-0.15, -0.1) is 0 Å². The Balaban J connectivity index is 4.66. The van der Waals surface area contributed by atoms with E-state index in [-0.39, 0.29) is 6.04 Å². The van der Waals surface area contributed by atoms with E-state index in [0.29, 0.717) is 32.7 Å². The van der Waals surface area contributed by atoms with Gasteiger partial charge in [0, 0.05) is 38.8 Å². The van der Waals surface area contributed by atoms with E-state index in [9.17, 15) is 20.4 Å². The van der Waals surface area contributed by atoms with Crippen molar-refractivity contribution in [3.05, 3.63) is 0 Å². The van der Waals surface area contributed by atoms with Crippen molar-refractivity contribution in [3.63, 3.8) is 0 Å². The van der Waals surface area contributed by atoms with Gasteiger partial charge in [0.2, 0.25) is 0 Å². The number of aliphatic hydroxyl groups excluding tert-OH is 4. The molecule has 4 N–H and O–H groups in total. The Kier molecular flexibility index (Phi) is 10.4. The lowest BCUT2D eigenvalue weighted by atomic mass is 10.2. The van der Waals surface area contributed by atoms with Gasteiger partial charge < -0.3 is 20.4 Å². The highest BCUT2D eigenvalue weighted by Crippen LogP contribution is 2.07. The molecule has 21 heavy (non-hydrogen) atoms. The van der Waals surface area contributed by atoms with Crippen LogP contribution in [-0.2, 0) is 0 Å². The van der Waals surface area contributed by atoms with E-state index >= 15 is 0 Å². The molecule has 0 fully saturated rings. The molecule has 0 bridgehead atoms. The summed E-state index contributed by atoms with van der Waals surface area (Å²) < 4.78 is 0. The van der Waals surface area contributed by atoms with E-state index in [1.807, 2.05) is 16.7 Å². The van der Waals surface area contributed by atoms with Crippen LogP contribution in [0.3, 0.4) is 0 Å². The van der Waals surface area contributed by atoms with Crippen molar-refractivity contribution < 1.29 is 20.4 Å². The molecule has 0 amide bonds. The third-order valence-electron chi connectivity index (χ3n) is 3.19. The predicted molar refractivity (Wildman–Crippen MR) is 84.2 cm³/mol. The quantitative estimate of drug-likeness (QED) is 0.412. The van der Waals surface area contributed by atoms with Crippen LogP contribution in [0.1, 0.15) is 34.6 Å². The summed E-state index contributed by atoms with van der Waals surface area (Å²) in [4.78, 5) is 4.05. The molecule has 0 aliphatic rings. The second kappa shape index (κ2) is 10.5. The van der Waals surface area contributed by atoms with Gasteiger partial charge in [0.25, 0.3) is 0 Å². The topological polar surface area (TPSA) is 87.4 Å². The smallest absolute Gasteiger partial charge is 0.0639 e. The largest absolute Gasteiger partial charge is 0.392 e. The fourth-order valence-electron chi connectivity index (χ4n) is 2.57. The van der Waals surface area contributed by atoms with Crippen molar-refractivity contribution in [2.24, 2.45) is 0 Å². The zero-order valence-electron chi connectivity index (χ0n) is 14.1. The van der Waals surface area contributed by atoms with Gasteiger partial charge >= 0.3 is 0 Å². The first-order valence-electron chi connectivity index (χ1n) is 7.80. The molecule has 0 heterocycles. The standard InChI is InChI=1S/C15H34N2O4/c1-11(17(9-14(4)20)10-15(5)21)6-16(7-12(2)18)8-13(3)19/h11-15,18-21H,6-10H2,1-5H3. The van der Waals surface area contributed by atoms with Gasteiger partial charge in [-0.3, -0.25) is 9.80 Å². The first-order chi connectivity index (χ1) is 9.61. The third kappa shape index (κ3) is 11.0. The number of rotatable bonds is 11. The second-order valence-corrected chi connectivity index (χ2v) is 6.42. The zero-order chi connectivity index (χ0) is 16.6.